The first kappa shape index (κ1) is 19.0. The molecule has 1 aliphatic rings. The summed E-state index contributed by atoms with van der Waals surface area (Å²) in [5.41, 5.74) is 0. The molecule has 0 bridgehead atoms. The number of hydrogen-bond donors (Lipinski definition) is 1. The molecule has 92 valence electrons. The van der Waals surface area contributed by atoms with E-state index in [4.69, 9.17) is 4.55 Å². The minimum Gasteiger partial charge on any atom is -1.00 e. The predicted molar refractivity (Wildman–Crippen MR) is 63.4 cm³/mol. The summed E-state index contributed by atoms with van der Waals surface area (Å²) in [5.74, 6) is -0.368. The van der Waals surface area contributed by atoms with E-state index in [1.807, 2.05) is 0 Å². The van der Waals surface area contributed by atoms with Crippen LogP contribution in [0.15, 0.2) is 12.7 Å². The number of quaternary nitrogens is 1. The van der Waals surface area contributed by atoms with Gasteiger partial charge >= 0.3 is 29.6 Å². The van der Waals surface area contributed by atoms with E-state index in [1.54, 1.807) is 0 Å². The number of likely N-dealkylation sites (tertiary alicyclic amines) is 1. The summed E-state index contributed by atoms with van der Waals surface area (Å²) < 4.78 is 28.7. The molecule has 1 N–H and O–H groups in total. The van der Waals surface area contributed by atoms with Crippen LogP contribution >= 0.6 is 0 Å². The second-order valence-corrected chi connectivity index (χ2v) is 5.62. The summed E-state index contributed by atoms with van der Waals surface area (Å²) >= 11 is 0. The third-order valence-electron chi connectivity index (χ3n) is 2.74. The molecule has 0 spiro atoms. The molecule has 1 rings (SSSR count). The van der Waals surface area contributed by atoms with Gasteiger partial charge in [0.1, 0.15) is 0 Å². The van der Waals surface area contributed by atoms with Crippen molar-refractivity contribution in [2.75, 3.05) is 32.4 Å². The van der Waals surface area contributed by atoms with Crippen molar-refractivity contribution in [1.82, 2.24) is 0 Å². The van der Waals surface area contributed by atoms with Crippen LogP contribution in [0.2, 0.25) is 0 Å². The van der Waals surface area contributed by atoms with Crippen molar-refractivity contribution < 1.29 is 48.4 Å². The van der Waals surface area contributed by atoms with Gasteiger partial charge in [0.05, 0.1) is 32.4 Å². The summed E-state index contributed by atoms with van der Waals surface area (Å²) in [4.78, 5) is 0. The molecule has 1 heterocycles. The zero-order chi connectivity index (χ0) is 11.9. The van der Waals surface area contributed by atoms with Crippen molar-refractivity contribution in [1.29, 1.82) is 0 Å². The first-order valence-electron chi connectivity index (χ1n) is 5.22. The molecule has 6 heteroatoms. The fourth-order valence-corrected chi connectivity index (χ4v) is 1.86. The largest absolute Gasteiger partial charge is 1.00 e. The summed E-state index contributed by atoms with van der Waals surface area (Å²) in [6.07, 6.45) is 4.02. The summed E-state index contributed by atoms with van der Waals surface area (Å²) in [6.45, 7) is 9.54. The summed E-state index contributed by atoms with van der Waals surface area (Å²) in [5, 5.41) is 0. The van der Waals surface area contributed by atoms with Crippen molar-refractivity contribution in [2.45, 2.75) is 19.8 Å². The van der Waals surface area contributed by atoms with Crippen molar-refractivity contribution in [3.63, 3.8) is 0 Å². The van der Waals surface area contributed by atoms with Crippen LogP contribution in [0.3, 0.4) is 0 Å². The van der Waals surface area contributed by atoms with E-state index in [1.165, 1.54) is 37.0 Å². The Labute approximate surface area is 123 Å². The number of rotatable bonds is 3. The maximum atomic E-state index is 9.72. The van der Waals surface area contributed by atoms with E-state index in [0.717, 1.165) is 6.08 Å². The minimum absolute atomic E-state index is 0. The van der Waals surface area contributed by atoms with Crippen LogP contribution in [0.1, 0.15) is 21.2 Å². The Kier molecular flexibility index (Phi) is 10.3. The maximum Gasteiger partial charge on any atom is 1.00 e. The Morgan fingerprint density at radius 2 is 1.88 bits per heavy atom. The molecule has 0 aromatic rings. The average molecular weight is 260 g/mol. The van der Waals surface area contributed by atoms with Crippen molar-refractivity contribution >= 4 is 10.1 Å². The normalized spacial score (nSPS) is 17.9. The first-order chi connectivity index (χ1) is 6.83. The molecule has 0 atom stereocenters. The molecule has 0 radical (unpaired) electrons. The smallest absolute Gasteiger partial charge is 1.00 e. The van der Waals surface area contributed by atoms with Gasteiger partial charge in [-0.15, -0.1) is 6.58 Å². The van der Waals surface area contributed by atoms with E-state index in [0.29, 0.717) is 0 Å². The zero-order valence-electron chi connectivity index (χ0n) is 11.6. The second-order valence-electron chi connectivity index (χ2n) is 4.13. The fraction of sp³-hybridized carbons (Fsp3) is 0.800. The maximum absolute atomic E-state index is 9.72. The van der Waals surface area contributed by atoms with Crippen LogP contribution in [-0.4, -0.2) is 49.9 Å². The van der Waals surface area contributed by atoms with Gasteiger partial charge in [-0.1, -0.05) is 6.08 Å². The van der Waals surface area contributed by atoms with Gasteiger partial charge in [0.2, 0.25) is 0 Å². The Balaban J connectivity index is -0.000000208. The summed E-state index contributed by atoms with van der Waals surface area (Å²) in [7, 11) is -1.44. The number of nitrogens with zero attached hydrogens (tertiary/aromatic N) is 1. The minimum atomic E-state index is -3.79. The summed E-state index contributed by atoms with van der Waals surface area (Å²) in [6, 6.07) is 0. The van der Waals surface area contributed by atoms with Crippen LogP contribution in [0.4, 0.5) is 0 Å². The molecule has 0 unspecified atom stereocenters. The monoisotopic (exact) mass is 260 g/mol. The van der Waals surface area contributed by atoms with E-state index in [2.05, 4.69) is 20.6 Å². The van der Waals surface area contributed by atoms with Gasteiger partial charge in [-0.25, -0.2) is 0 Å². The SMILES string of the molecule is C=CCS(=O)(=O)O.CC[N+]1(C)CCCC1.[H-].[Na+]. The molecule has 1 aliphatic heterocycles. The average Bonchev–Trinajstić information content (AvgIpc) is 2.52. The molecule has 1 fully saturated rings. The van der Waals surface area contributed by atoms with E-state index >= 15 is 0 Å². The third-order valence-corrected chi connectivity index (χ3v) is 3.39. The molecule has 16 heavy (non-hydrogen) atoms. The van der Waals surface area contributed by atoms with Gasteiger partial charge < -0.3 is 5.91 Å². The standard InChI is InChI=1S/C7H16N.C3H6O3S.Na.H/c1-3-8(2)6-4-5-7-8;1-2-3-7(4,5)6;;/h3-7H2,1-2H3;2H,1,3H2,(H,4,5,6);;/q+1;;+1;-1. The fourth-order valence-electron chi connectivity index (χ4n) is 1.56. The Morgan fingerprint density at radius 3 is 2.00 bits per heavy atom. The second kappa shape index (κ2) is 8.66. The first-order valence-corrected chi connectivity index (χ1v) is 6.83. The molecule has 0 aliphatic carbocycles. The molecule has 0 amide bonds. The quantitative estimate of drug-likeness (QED) is 0.288. The molecule has 4 nitrogen and oxygen atoms in total. The topological polar surface area (TPSA) is 54.4 Å². The van der Waals surface area contributed by atoms with Gasteiger partial charge in [-0.2, -0.15) is 8.42 Å². The number of hydrogen-bond acceptors (Lipinski definition) is 2. The predicted octanol–water partition coefficient (Wildman–Crippen LogP) is -1.58. The third kappa shape index (κ3) is 9.81. The van der Waals surface area contributed by atoms with Crippen molar-refractivity contribution in [2.24, 2.45) is 0 Å². The Morgan fingerprint density at radius 1 is 1.44 bits per heavy atom. The molecule has 0 saturated carbocycles. The molecule has 0 aromatic carbocycles. The van der Waals surface area contributed by atoms with Crippen LogP contribution in [0.25, 0.3) is 0 Å². The van der Waals surface area contributed by atoms with Gasteiger partial charge in [-0.3, -0.25) is 4.55 Å². The van der Waals surface area contributed by atoms with Gasteiger partial charge in [0, 0.05) is 12.8 Å². The Bertz CT molecular complexity index is 290. The van der Waals surface area contributed by atoms with E-state index < -0.39 is 10.1 Å². The molecule has 0 aromatic heterocycles. The van der Waals surface area contributed by atoms with Crippen LogP contribution in [0, 0.1) is 0 Å². The Hall–Kier alpha value is 0.610. The van der Waals surface area contributed by atoms with Crippen molar-refractivity contribution in [3.8, 4) is 0 Å². The van der Waals surface area contributed by atoms with E-state index in [-0.39, 0.29) is 36.7 Å². The van der Waals surface area contributed by atoms with Gasteiger partial charge in [-0.05, 0) is 6.92 Å². The van der Waals surface area contributed by atoms with E-state index in [9.17, 15) is 8.42 Å². The van der Waals surface area contributed by atoms with Crippen LogP contribution < -0.4 is 29.6 Å². The van der Waals surface area contributed by atoms with Gasteiger partial charge in [0.25, 0.3) is 10.1 Å². The van der Waals surface area contributed by atoms with Gasteiger partial charge in [0.15, 0.2) is 0 Å². The molecule has 1 saturated heterocycles. The molecular formula is C10H23NNaO3S+. The van der Waals surface area contributed by atoms with Crippen molar-refractivity contribution in [3.05, 3.63) is 12.7 Å². The van der Waals surface area contributed by atoms with Crippen LogP contribution in [0.5, 0.6) is 0 Å². The molecular weight excluding hydrogens is 237 g/mol. The zero-order valence-corrected chi connectivity index (χ0v) is 13.5. The van der Waals surface area contributed by atoms with Crippen LogP contribution in [-0.2, 0) is 10.1 Å².